The van der Waals surface area contributed by atoms with E-state index in [1.807, 2.05) is 18.0 Å². The average Bonchev–Trinajstić information content (AvgIpc) is 2.83. The molecular formula is C17H17FN2O3. The van der Waals surface area contributed by atoms with Gasteiger partial charge in [-0.1, -0.05) is 0 Å². The molecule has 1 fully saturated rings. The number of fused-ring (bicyclic) bond motifs is 1. The number of carbonyl (C=O) groups excluding carboxylic acids is 2. The molecule has 0 spiro atoms. The number of ether oxygens (including phenoxy) is 1. The molecule has 1 aliphatic carbocycles. The molecule has 0 bridgehead atoms. The highest BCUT2D eigenvalue weighted by Crippen LogP contribution is 2.32. The predicted octanol–water partition coefficient (Wildman–Crippen LogP) is 1.97. The van der Waals surface area contributed by atoms with Crippen molar-refractivity contribution in [3.63, 3.8) is 0 Å². The van der Waals surface area contributed by atoms with Crippen LogP contribution in [0.15, 0.2) is 47.9 Å². The number of likely N-dealkylation sites (N-methyl/N-ethyl adjacent to an activating group) is 1. The standard InChI is InChI=1S/C17H17FN2O3/c1-20-14-7-6-13(21)10-15(14)23-16(20)8-9-19-17(22)11-2-4-12(18)5-3-11/h2-5,7,10,16H,6,8-9H2,1H3,(H,19,22). The summed E-state index contributed by atoms with van der Waals surface area (Å²) in [6.07, 6.45) is 4.12. The molecule has 0 radical (unpaired) electrons. The van der Waals surface area contributed by atoms with Crippen molar-refractivity contribution in [2.24, 2.45) is 0 Å². The van der Waals surface area contributed by atoms with E-state index in [0.717, 1.165) is 5.70 Å². The zero-order valence-corrected chi connectivity index (χ0v) is 12.7. The monoisotopic (exact) mass is 316 g/mol. The number of rotatable bonds is 4. The number of carbonyl (C=O) groups is 2. The lowest BCUT2D eigenvalue weighted by atomic mass is 10.1. The first kappa shape index (κ1) is 15.3. The maximum absolute atomic E-state index is 12.8. The van der Waals surface area contributed by atoms with Gasteiger partial charge in [0.1, 0.15) is 11.6 Å². The van der Waals surface area contributed by atoms with Crippen LogP contribution in [0.5, 0.6) is 0 Å². The van der Waals surface area contributed by atoms with E-state index >= 15 is 0 Å². The van der Waals surface area contributed by atoms with Crippen LogP contribution in [-0.4, -0.2) is 36.4 Å². The molecule has 120 valence electrons. The van der Waals surface area contributed by atoms with E-state index in [4.69, 9.17) is 4.74 Å². The number of nitrogens with zero attached hydrogens (tertiary/aromatic N) is 1. The van der Waals surface area contributed by atoms with E-state index in [2.05, 4.69) is 5.32 Å². The number of ketones is 1. The van der Waals surface area contributed by atoms with Crippen molar-refractivity contribution < 1.29 is 18.7 Å². The quantitative estimate of drug-likeness (QED) is 0.923. The fraction of sp³-hybridized carbons (Fsp3) is 0.294. The smallest absolute Gasteiger partial charge is 0.251 e. The Morgan fingerprint density at radius 2 is 2.13 bits per heavy atom. The van der Waals surface area contributed by atoms with E-state index in [1.54, 1.807) is 0 Å². The first-order valence-corrected chi connectivity index (χ1v) is 7.43. The van der Waals surface area contributed by atoms with Gasteiger partial charge in [0.25, 0.3) is 5.91 Å². The summed E-state index contributed by atoms with van der Waals surface area (Å²) in [4.78, 5) is 25.3. The van der Waals surface area contributed by atoms with Crippen LogP contribution < -0.4 is 5.32 Å². The predicted molar refractivity (Wildman–Crippen MR) is 81.8 cm³/mol. The van der Waals surface area contributed by atoms with Crippen molar-refractivity contribution in [1.29, 1.82) is 0 Å². The Kier molecular flexibility index (Phi) is 4.14. The lowest BCUT2D eigenvalue weighted by Crippen LogP contribution is -2.32. The fourth-order valence-electron chi connectivity index (χ4n) is 2.63. The molecule has 1 amide bonds. The summed E-state index contributed by atoms with van der Waals surface area (Å²) in [5.74, 6) is -0.000989. The molecule has 1 aromatic carbocycles. The highest BCUT2D eigenvalue weighted by atomic mass is 19.1. The van der Waals surface area contributed by atoms with Crippen LogP contribution >= 0.6 is 0 Å². The Morgan fingerprint density at radius 3 is 2.87 bits per heavy atom. The molecule has 1 heterocycles. The van der Waals surface area contributed by atoms with Crippen molar-refractivity contribution in [2.45, 2.75) is 19.1 Å². The van der Waals surface area contributed by atoms with Crippen LogP contribution in [0.1, 0.15) is 23.2 Å². The first-order valence-electron chi connectivity index (χ1n) is 7.43. The van der Waals surface area contributed by atoms with Crippen LogP contribution in [-0.2, 0) is 9.53 Å². The molecule has 5 nitrogen and oxygen atoms in total. The number of hydrogen-bond donors (Lipinski definition) is 1. The molecule has 1 aromatic rings. The third kappa shape index (κ3) is 3.26. The topological polar surface area (TPSA) is 58.6 Å². The number of amides is 1. The van der Waals surface area contributed by atoms with Gasteiger partial charge < -0.3 is 15.0 Å². The van der Waals surface area contributed by atoms with Gasteiger partial charge in [-0.2, -0.15) is 0 Å². The zero-order valence-electron chi connectivity index (χ0n) is 12.7. The molecule has 3 rings (SSSR count). The Bertz CT molecular complexity index is 694. The van der Waals surface area contributed by atoms with Crippen LogP contribution in [0.4, 0.5) is 4.39 Å². The van der Waals surface area contributed by atoms with Crippen LogP contribution in [0.25, 0.3) is 0 Å². The first-order chi connectivity index (χ1) is 11.0. The summed E-state index contributed by atoms with van der Waals surface area (Å²) < 4.78 is 18.6. The summed E-state index contributed by atoms with van der Waals surface area (Å²) in [6, 6.07) is 5.39. The molecule has 0 saturated carbocycles. The largest absolute Gasteiger partial charge is 0.468 e. The van der Waals surface area contributed by atoms with Gasteiger partial charge in [-0.25, -0.2) is 4.39 Å². The van der Waals surface area contributed by atoms with Gasteiger partial charge >= 0.3 is 0 Å². The number of benzene rings is 1. The van der Waals surface area contributed by atoms with E-state index in [0.29, 0.717) is 30.7 Å². The molecule has 1 unspecified atom stereocenters. The summed E-state index contributed by atoms with van der Waals surface area (Å²) >= 11 is 0. The average molecular weight is 316 g/mol. The van der Waals surface area contributed by atoms with Crippen LogP contribution in [0, 0.1) is 5.82 Å². The number of hydrogen-bond acceptors (Lipinski definition) is 4. The minimum atomic E-state index is -0.374. The number of nitrogens with one attached hydrogen (secondary N) is 1. The summed E-state index contributed by atoms with van der Waals surface area (Å²) in [5, 5.41) is 2.78. The molecule has 23 heavy (non-hydrogen) atoms. The van der Waals surface area contributed by atoms with Crippen molar-refractivity contribution in [2.75, 3.05) is 13.6 Å². The molecule has 1 aliphatic heterocycles. The highest BCUT2D eigenvalue weighted by Gasteiger charge is 2.32. The van der Waals surface area contributed by atoms with Crippen LogP contribution in [0.2, 0.25) is 0 Å². The second-order valence-corrected chi connectivity index (χ2v) is 5.50. The Morgan fingerprint density at radius 1 is 1.39 bits per heavy atom. The molecule has 6 heteroatoms. The lowest BCUT2D eigenvalue weighted by molar-refractivity contribution is -0.114. The molecule has 1 atom stereocenters. The number of allylic oxidation sites excluding steroid dienone is 2. The molecule has 2 aliphatic rings. The molecule has 1 saturated heterocycles. The van der Waals surface area contributed by atoms with Crippen molar-refractivity contribution in [3.8, 4) is 0 Å². The molecular weight excluding hydrogens is 299 g/mol. The van der Waals surface area contributed by atoms with Gasteiger partial charge in [-0.05, 0) is 30.3 Å². The van der Waals surface area contributed by atoms with Gasteiger partial charge in [0.15, 0.2) is 12.0 Å². The fourth-order valence-corrected chi connectivity index (χ4v) is 2.63. The third-order valence-corrected chi connectivity index (χ3v) is 3.90. The van der Waals surface area contributed by atoms with Crippen molar-refractivity contribution in [1.82, 2.24) is 10.2 Å². The van der Waals surface area contributed by atoms with Gasteiger partial charge in [0, 0.05) is 38.1 Å². The Balaban J connectivity index is 1.53. The van der Waals surface area contributed by atoms with Gasteiger partial charge in [-0.3, -0.25) is 9.59 Å². The Labute approximate surface area is 133 Å². The SMILES string of the molecule is CN1C2=CCC(=O)C=C2OC1CCNC(=O)c1ccc(F)cc1. The second kappa shape index (κ2) is 6.24. The maximum atomic E-state index is 12.8. The van der Waals surface area contributed by atoms with Gasteiger partial charge in [0.2, 0.25) is 0 Å². The second-order valence-electron chi connectivity index (χ2n) is 5.50. The van der Waals surface area contributed by atoms with E-state index in [9.17, 15) is 14.0 Å². The van der Waals surface area contributed by atoms with E-state index < -0.39 is 0 Å². The highest BCUT2D eigenvalue weighted by molar-refractivity contribution is 5.94. The summed E-state index contributed by atoms with van der Waals surface area (Å²) in [5.41, 5.74) is 1.33. The zero-order chi connectivity index (χ0) is 16.4. The third-order valence-electron chi connectivity index (χ3n) is 3.90. The van der Waals surface area contributed by atoms with Crippen LogP contribution in [0.3, 0.4) is 0 Å². The maximum Gasteiger partial charge on any atom is 0.251 e. The van der Waals surface area contributed by atoms with Gasteiger partial charge in [-0.15, -0.1) is 0 Å². The van der Waals surface area contributed by atoms with Crippen molar-refractivity contribution >= 4 is 11.7 Å². The van der Waals surface area contributed by atoms with Gasteiger partial charge in [0.05, 0.1) is 5.70 Å². The summed E-state index contributed by atoms with van der Waals surface area (Å²) in [6.45, 7) is 0.416. The minimum Gasteiger partial charge on any atom is -0.468 e. The number of halogens is 1. The Hall–Kier alpha value is -2.63. The van der Waals surface area contributed by atoms with E-state index in [1.165, 1.54) is 30.3 Å². The lowest BCUT2D eigenvalue weighted by Gasteiger charge is -2.20. The summed E-state index contributed by atoms with van der Waals surface area (Å²) in [7, 11) is 1.90. The minimum absolute atomic E-state index is 0.0300. The molecule has 0 aromatic heterocycles. The van der Waals surface area contributed by atoms with E-state index in [-0.39, 0.29) is 23.7 Å². The molecule has 1 N–H and O–H groups in total. The normalized spacial score (nSPS) is 19.7. The van der Waals surface area contributed by atoms with Crippen molar-refractivity contribution in [3.05, 3.63) is 59.3 Å².